The molecule has 0 aliphatic rings. The summed E-state index contributed by atoms with van der Waals surface area (Å²) >= 11 is 0. The molecular formula is C12H17NSi. The summed E-state index contributed by atoms with van der Waals surface area (Å²) in [5.41, 5.74) is 1.93. The number of allylic oxidation sites excluding steroid dienone is 2. The highest BCUT2D eigenvalue weighted by Gasteiger charge is 2.20. The molecular weight excluding hydrogens is 186 g/mol. The van der Waals surface area contributed by atoms with Crippen molar-refractivity contribution >= 4 is 18.8 Å². The van der Waals surface area contributed by atoms with Crippen molar-refractivity contribution in [1.29, 1.82) is 0 Å². The lowest BCUT2D eigenvalue weighted by molar-refractivity contribution is 1.30. The van der Waals surface area contributed by atoms with Crippen LogP contribution < -0.4 is 5.19 Å². The molecule has 1 rings (SSSR count). The lowest BCUT2D eigenvalue weighted by Crippen LogP contribution is -2.40. The van der Waals surface area contributed by atoms with Crippen molar-refractivity contribution in [3.8, 4) is 0 Å². The van der Waals surface area contributed by atoms with Crippen molar-refractivity contribution in [3.05, 3.63) is 43.3 Å². The molecule has 0 N–H and O–H groups in total. The van der Waals surface area contributed by atoms with Crippen LogP contribution >= 0.6 is 0 Å². The topological polar surface area (TPSA) is 12.9 Å². The maximum absolute atomic E-state index is 4.38. The molecule has 0 unspecified atom stereocenters. The van der Waals surface area contributed by atoms with Crippen molar-refractivity contribution in [2.75, 3.05) is 0 Å². The van der Waals surface area contributed by atoms with Crippen LogP contribution in [0.5, 0.6) is 0 Å². The van der Waals surface area contributed by atoms with E-state index in [1.807, 2.05) is 12.3 Å². The number of rotatable bonds is 3. The van der Waals surface area contributed by atoms with E-state index in [-0.39, 0.29) is 0 Å². The Morgan fingerprint density at radius 1 is 1.43 bits per heavy atom. The first-order chi connectivity index (χ1) is 6.46. The lowest BCUT2D eigenvalue weighted by atomic mass is 10.2. The predicted molar refractivity (Wildman–Crippen MR) is 66.4 cm³/mol. The molecule has 0 saturated heterocycles. The van der Waals surface area contributed by atoms with Crippen LogP contribution in [0.3, 0.4) is 0 Å². The van der Waals surface area contributed by atoms with Gasteiger partial charge >= 0.3 is 0 Å². The van der Waals surface area contributed by atoms with Crippen molar-refractivity contribution in [3.63, 3.8) is 0 Å². The number of hydrogen-bond donors (Lipinski definition) is 0. The second-order valence-corrected chi connectivity index (χ2v) is 9.42. The highest BCUT2D eigenvalue weighted by Crippen LogP contribution is 2.12. The van der Waals surface area contributed by atoms with E-state index in [0.717, 1.165) is 11.3 Å². The van der Waals surface area contributed by atoms with Crippen molar-refractivity contribution < 1.29 is 0 Å². The van der Waals surface area contributed by atoms with Gasteiger partial charge in [-0.25, -0.2) is 0 Å². The maximum Gasteiger partial charge on any atom is 0.0804 e. The quantitative estimate of drug-likeness (QED) is 0.544. The Hall–Kier alpha value is -1.15. The molecule has 0 radical (unpaired) electrons. The Bertz CT molecular complexity index is 361. The van der Waals surface area contributed by atoms with Gasteiger partial charge in [0.2, 0.25) is 0 Å². The van der Waals surface area contributed by atoms with Crippen LogP contribution in [-0.4, -0.2) is 13.1 Å². The maximum atomic E-state index is 4.38. The van der Waals surface area contributed by atoms with Crippen LogP contribution in [-0.2, 0) is 0 Å². The average Bonchev–Trinajstić information content (AvgIpc) is 2.15. The molecule has 1 aromatic heterocycles. The van der Waals surface area contributed by atoms with Crippen LogP contribution in [0.2, 0.25) is 19.6 Å². The zero-order valence-electron chi connectivity index (χ0n) is 9.17. The molecule has 14 heavy (non-hydrogen) atoms. The minimum absolute atomic E-state index is 0.919. The number of hydrogen-bond acceptors (Lipinski definition) is 1. The van der Waals surface area contributed by atoms with Gasteiger partial charge in [0.25, 0.3) is 0 Å². The first kappa shape index (κ1) is 10.9. The van der Waals surface area contributed by atoms with Gasteiger partial charge in [-0.1, -0.05) is 44.9 Å². The third kappa shape index (κ3) is 2.20. The summed E-state index contributed by atoms with van der Waals surface area (Å²) in [6.07, 6.45) is 3.58. The molecule has 74 valence electrons. The summed E-state index contributed by atoms with van der Waals surface area (Å²) in [5.74, 6) is 0. The van der Waals surface area contributed by atoms with Gasteiger partial charge in [-0.05, 0) is 16.8 Å². The standard InChI is InChI=1S/C12H17NSi/c1-6-10(2)12-11(14(3,4)5)8-7-9-13-12/h6-9H,1-2H2,3-5H3. The predicted octanol–water partition coefficient (Wildman–Crippen LogP) is 2.83. The first-order valence-corrected chi connectivity index (χ1v) is 8.24. The molecule has 2 heteroatoms. The van der Waals surface area contributed by atoms with Gasteiger partial charge in [-0.2, -0.15) is 0 Å². The van der Waals surface area contributed by atoms with E-state index >= 15 is 0 Å². The summed E-state index contributed by atoms with van der Waals surface area (Å²) in [5, 5.41) is 1.35. The number of aromatic nitrogens is 1. The molecule has 0 bridgehead atoms. The minimum atomic E-state index is -1.33. The molecule has 0 fully saturated rings. The van der Waals surface area contributed by atoms with Crippen LogP contribution in [0, 0.1) is 0 Å². The summed E-state index contributed by atoms with van der Waals surface area (Å²) < 4.78 is 0. The fourth-order valence-electron chi connectivity index (χ4n) is 1.36. The molecule has 0 atom stereocenters. The Morgan fingerprint density at radius 2 is 2.07 bits per heavy atom. The van der Waals surface area contributed by atoms with Crippen molar-refractivity contribution in [2.24, 2.45) is 0 Å². The number of pyridine rings is 1. The van der Waals surface area contributed by atoms with Crippen LogP contribution in [0.25, 0.3) is 5.57 Å². The normalized spacial score (nSPS) is 11.1. The molecule has 0 aromatic carbocycles. The van der Waals surface area contributed by atoms with Crippen LogP contribution in [0.4, 0.5) is 0 Å². The largest absolute Gasteiger partial charge is 0.256 e. The molecule has 0 saturated carbocycles. The van der Waals surface area contributed by atoms with Crippen LogP contribution in [0.15, 0.2) is 37.6 Å². The molecule has 1 nitrogen and oxygen atoms in total. The van der Waals surface area contributed by atoms with Crippen molar-refractivity contribution in [2.45, 2.75) is 19.6 Å². The zero-order chi connectivity index (χ0) is 10.8. The molecule has 0 aliphatic carbocycles. The summed E-state index contributed by atoms with van der Waals surface area (Å²) in [6, 6.07) is 4.15. The van der Waals surface area contributed by atoms with Gasteiger partial charge in [-0.3, -0.25) is 4.98 Å². The summed E-state index contributed by atoms with van der Waals surface area (Å²) in [7, 11) is -1.33. The van der Waals surface area contributed by atoms with Crippen molar-refractivity contribution in [1.82, 2.24) is 4.98 Å². The lowest BCUT2D eigenvalue weighted by Gasteiger charge is -2.19. The van der Waals surface area contributed by atoms with Crippen LogP contribution in [0.1, 0.15) is 5.69 Å². The van der Waals surface area contributed by atoms with Gasteiger partial charge in [-0.15, -0.1) is 0 Å². The molecule has 0 aliphatic heterocycles. The van der Waals surface area contributed by atoms with E-state index in [2.05, 4.69) is 43.8 Å². The molecule has 1 heterocycles. The fraction of sp³-hybridized carbons (Fsp3) is 0.250. The van der Waals surface area contributed by atoms with E-state index in [1.54, 1.807) is 6.08 Å². The molecule has 0 amide bonds. The second-order valence-electron chi connectivity index (χ2n) is 4.38. The number of nitrogens with zero attached hydrogens (tertiary/aromatic N) is 1. The van der Waals surface area contributed by atoms with E-state index in [0.29, 0.717) is 0 Å². The monoisotopic (exact) mass is 203 g/mol. The van der Waals surface area contributed by atoms with Gasteiger partial charge in [0.15, 0.2) is 0 Å². The highest BCUT2D eigenvalue weighted by atomic mass is 28.3. The Morgan fingerprint density at radius 3 is 2.57 bits per heavy atom. The smallest absolute Gasteiger partial charge is 0.0804 e. The van der Waals surface area contributed by atoms with E-state index in [4.69, 9.17) is 0 Å². The van der Waals surface area contributed by atoms with Gasteiger partial charge in [0, 0.05) is 6.20 Å². The Labute approximate surface area is 87.2 Å². The fourth-order valence-corrected chi connectivity index (χ4v) is 2.89. The summed E-state index contributed by atoms with van der Waals surface area (Å²) in [4.78, 5) is 4.38. The van der Waals surface area contributed by atoms with Gasteiger partial charge < -0.3 is 0 Å². The Balaban J connectivity index is 3.30. The SMILES string of the molecule is C=CC(=C)c1ncccc1[Si](C)(C)C. The molecule has 0 spiro atoms. The molecule has 1 aromatic rings. The summed E-state index contributed by atoms with van der Waals surface area (Å²) in [6.45, 7) is 14.6. The first-order valence-electron chi connectivity index (χ1n) is 4.74. The third-order valence-corrected chi connectivity index (χ3v) is 4.19. The average molecular weight is 203 g/mol. The van der Waals surface area contributed by atoms with Gasteiger partial charge in [0.1, 0.15) is 0 Å². The zero-order valence-corrected chi connectivity index (χ0v) is 10.2. The minimum Gasteiger partial charge on any atom is -0.256 e. The van der Waals surface area contributed by atoms with Gasteiger partial charge in [0.05, 0.1) is 13.8 Å². The highest BCUT2D eigenvalue weighted by molar-refractivity contribution is 6.89. The second kappa shape index (κ2) is 3.92. The van der Waals surface area contributed by atoms with E-state index < -0.39 is 8.07 Å². The van der Waals surface area contributed by atoms with E-state index in [9.17, 15) is 0 Å². The Kier molecular flexibility index (Phi) is 3.06. The third-order valence-electron chi connectivity index (χ3n) is 2.17. The van der Waals surface area contributed by atoms with E-state index in [1.165, 1.54) is 5.19 Å².